The Balaban J connectivity index is 1.20. The van der Waals surface area contributed by atoms with Gasteiger partial charge < -0.3 is 24.8 Å². The van der Waals surface area contributed by atoms with Gasteiger partial charge in [-0.15, -0.1) is 0 Å². The topological polar surface area (TPSA) is 74.0 Å². The molecule has 0 aromatic heterocycles. The fourth-order valence-corrected chi connectivity index (χ4v) is 4.64. The molecule has 5 rings (SSSR count). The Kier molecular flexibility index (Phi) is 4.59. The Morgan fingerprint density at radius 1 is 0.966 bits per heavy atom. The fraction of sp³-hybridized carbons (Fsp3) is 0.435. The van der Waals surface area contributed by atoms with Crippen LogP contribution in [0.1, 0.15) is 36.0 Å². The molecule has 3 heterocycles. The van der Waals surface area contributed by atoms with E-state index in [1.54, 1.807) is 0 Å². The molecule has 0 aliphatic carbocycles. The molecule has 1 spiro atoms. The largest absolute Gasteiger partial charge is 0.492 e. The summed E-state index contributed by atoms with van der Waals surface area (Å²) in [5.74, 6) is 2.74. The fourth-order valence-electron chi connectivity index (χ4n) is 4.64. The number of hydrogen-bond acceptors (Lipinski definition) is 5. The van der Waals surface area contributed by atoms with Gasteiger partial charge in [-0.3, -0.25) is 4.79 Å². The summed E-state index contributed by atoms with van der Waals surface area (Å²) < 4.78 is 16.7. The van der Waals surface area contributed by atoms with E-state index in [0.717, 1.165) is 54.3 Å². The third-order valence-corrected chi connectivity index (χ3v) is 6.49. The summed E-state index contributed by atoms with van der Waals surface area (Å²) in [5, 5.41) is 0. The minimum absolute atomic E-state index is 0.0224. The smallest absolute Gasteiger partial charge is 0.231 e. The lowest BCUT2D eigenvalue weighted by molar-refractivity contribution is -0.132. The van der Waals surface area contributed by atoms with Crippen LogP contribution in [-0.2, 0) is 23.2 Å². The van der Waals surface area contributed by atoms with Crippen LogP contribution in [0, 0.1) is 0 Å². The highest BCUT2D eigenvalue weighted by atomic mass is 16.7. The normalized spacial score (nSPS) is 18.6. The molecule has 6 heteroatoms. The molecule has 2 N–H and O–H groups in total. The van der Waals surface area contributed by atoms with E-state index < -0.39 is 0 Å². The molecule has 29 heavy (non-hydrogen) atoms. The predicted octanol–water partition coefficient (Wildman–Crippen LogP) is 2.76. The summed E-state index contributed by atoms with van der Waals surface area (Å²) in [6, 6.07) is 12.2. The number of benzene rings is 2. The Morgan fingerprint density at radius 2 is 1.72 bits per heavy atom. The molecular formula is C23H26N2O4. The lowest BCUT2D eigenvalue weighted by Gasteiger charge is -2.38. The number of aryl methyl sites for hydroxylation is 1. The number of nitrogens with two attached hydrogens (primary N) is 1. The van der Waals surface area contributed by atoms with Crippen molar-refractivity contribution < 1.29 is 19.0 Å². The molecule has 2 aromatic carbocycles. The molecule has 1 saturated heterocycles. The highest BCUT2D eigenvalue weighted by Crippen LogP contribution is 2.46. The molecule has 3 aliphatic rings. The number of rotatable bonds is 4. The van der Waals surface area contributed by atoms with Crippen LogP contribution >= 0.6 is 0 Å². The molecule has 1 fully saturated rings. The van der Waals surface area contributed by atoms with E-state index in [4.69, 9.17) is 19.9 Å². The molecular weight excluding hydrogens is 368 g/mol. The minimum atomic E-state index is 0.0224. The summed E-state index contributed by atoms with van der Waals surface area (Å²) in [7, 11) is 0. The molecule has 3 aliphatic heterocycles. The minimum Gasteiger partial charge on any atom is -0.492 e. The average molecular weight is 394 g/mol. The molecule has 0 radical (unpaired) electrons. The van der Waals surface area contributed by atoms with Crippen molar-refractivity contribution in [2.75, 3.05) is 26.5 Å². The van der Waals surface area contributed by atoms with Gasteiger partial charge in [-0.05, 0) is 48.6 Å². The second kappa shape index (κ2) is 7.26. The number of fused-ring (bicyclic) bond motifs is 3. The zero-order valence-corrected chi connectivity index (χ0v) is 16.5. The van der Waals surface area contributed by atoms with Gasteiger partial charge in [0.1, 0.15) is 5.75 Å². The van der Waals surface area contributed by atoms with Gasteiger partial charge in [-0.25, -0.2) is 0 Å². The van der Waals surface area contributed by atoms with Crippen LogP contribution in [0.15, 0.2) is 36.4 Å². The third kappa shape index (κ3) is 3.31. The lowest BCUT2D eigenvalue weighted by atomic mass is 9.74. The number of piperidine rings is 1. The van der Waals surface area contributed by atoms with Crippen molar-refractivity contribution >= 4 is 5.91 Å². The second-order valence-corrected chi connectivity index (χ2v) is 8.17. The summed E-state index contributed by atoms with van der Waals surface area (Å²) in [4.78, 5) is 14.8. The Labute approximate surface area is 170 Å². The summed E-state index contributed by atoms with van der Waals surface area (Å²) >= 11 is 0. The van der Waals surface area contributed by atoms with Gasteiger partial charge in [0.2, 0.25) is 12.7 Å². The Hall–Kier alpha value is -2.73. The van der Waals surface area contributed by atoms with E-state index >= 15 is 0 Å². The standard InChI is InChI=1S/C23H26N2O4/c24-13-17-2-4-19-18(11-17)23(14-27-19)7-9-25(10-8-23)22(26)6-3-16-1-5-20-21(12-16)29-15-28-20/h1-2,4-5,11-12H,3,6-10,13-15,24H2. The van der Waals surface area contributed by atoms with Crippen molar-refractivity contribution in [2.45, 2.75) is 37.6 Å². The van der Waals surface area contributed by atoms with Crippen LogP contribution in [0.2, 0.25) is 0 Å². The maximum Gasteiger partial charge on any atom is 0.231 e. The summed E-state index contributed by atoms with van der Waals surface area (Å²) in [6.07, 6.45) is 3.09. The van der Waals surface area contributed by atoms with Crippen molar-refractivity contribution in [3.8, 4) is 17.2 Å². The van der Waals surface area contributed by atoms with Crippen LogP contribution in [0.5, 0.6) is 17.2 Å². The summed E-state index contributed by atoms with van der Waals surface area (Å²) in [5.41, 5.74) is 9.36. The summed E-state index contributed by atoms with van der Waals surface area (Å²) in [6.45, 7) is 3.06. The molecule has 1 amide bonds. The molecule has 0 atom stereocenters. The lowest BCUT2D eigenvalue weighted by Crippen LogP contribution is -2.46. The zero-order chi connectivity index (χ0) is 19.8. The first-order valence-electron chi connectivity index (χ1n) is 10.3. The molecule has 152 valence electrons. The number of amides is 1. The van der Waals surface area contributed by atoms with Crippen LogP contribution < -0.4 is 19.9 Å². The predicted molar refractivity (Wildman–Crippen MR) is 108 cm³/mol. The molecule has 0 bridgehead atoms. The number of ether oxygens (including phenoxy) is 3. The molecule has 6 nitrogen and oxygen atoms in total. The van der Waals surface area contributed by atoms with Gasteiger partial charge in [-0.1, -0.05) is 18.2 Å². The van der Waals surface area contributed by atoms with E-state index in [0.29, 0.717) is 26.0 Å². The van der Waals surface area contributed by atoms with Crippen LogP contribution in [0.3, 0.4) is 0 Å². The first kappa shape index (κ1) is 18.3. The average Bonchev–Trinajstić information content (AvgIpc) is 3.37. The zero-order valence-electron chi connectivity index (χ0n) is 16.5. The van der Waals surface area contributed by atoms with Gasteiger partial charge >= 0.3 is 0 Å². The quantitative estimate of drug-likeness (QED) is 0.863. The van der Waals surface area contributed by atoms with E-state index in [1.807, 2.05) is 35.2 Å². The third-order valence-electron chi connectivity index (χ3n) is 6.49. The molecule has 0 unspecified atom stereocenters. The van der Waals surface area contributed by atoms with E-state index in [9.17, 15) is 4.79 Å². The maximum absolute atomic E-state index is 12.8. The van der Waals surface area contributed by atoms with Crippen molar-refractivity contribution in [1.82, 2.24) is 4.90 Å². The van der Waals surface area contributed by atoms with Gasteiger partial charge in [0.05, 0.1) is 6.61 Å². The monoisotopic (exact) mass is 394 g/mol. The molecule has 0 saturated carbocycles. The first-order chi connectivity index (χ1) is 14.2. The van der Waals surface area contributed by atoms with E-state index in [1.165, 1.54) is 5.56 Å². The first-order valence-corrected chi connectivity index (χ1v) is 10.3. The van der Waals surface area contributed by atoms with Crippen molar-refractivity contribution in [3.63, 3.8) is 0 Å². The SMILES string of the molecule is NCc1ccc2c(c1)C1(CCN(C(=O)CCc3ccc4c(c3)OCO4)CC1)CO2. The van der Waals surface area contributed by atoms with Gasteiger partial charge in [0.15, 0.2) is 11.5 Å². The highest BCUT2D eigenvalue weighted by molar-refractivity contribution is 5.76. The van der Waals surface area contributed by atoms with Crippen LogP contribution in [0.4, 0.5) is 0 Å². The van der Waals surface area contributed by atoms with Gasteiger partial charge in [0.25, 0.3) is 0 Å². The van der Waals surface area contributed by atoms with Gasteiger partial charge in [-0.2, -0.15) is 0 Å². The Morgan fingerprint density at radius 3 is 2.55 bits per heavy atom. The number of carbonyl (C=O) groups is 1. The Bertz CT molecular complexity index is 934. The number of carbonyl (C=O) groups excluding carboxylic acids is 1. The van der Waals surface area contributed by atoms with Crippen LogP contribution in [0.25, 0.3) is 0 Å². The highest BCUT2D eigenvalue weighted by Gasteiger charge is 2.43. The van der Waals surface area contributed by atoms with Crippen LogP contribution in [-0.4, -0.2) is 37.3 Å². The van der Waals surface area contributed by atoms with Crippen molar-refractivity contribution in [3.05, 3.63) is 53.1 Å². The van der Waals surface area contributed by atoms with Crippen molar-refractivity contribution in [1.29, 1.82) is 0 Å². The second-order valence-electron chi connectivity index (χ2n) is 8.17. The number of nitrogens with zero attached hydrogens (tertiary/aromatic N) is 1. The van der Waals surface area contributed by atoms with E-state index in [2.05, 4.69) is 6.07 Å². The van der Waals surface area contributed by atoms with E-state index in [-0.39, 0.29) is 18.1 Å². The number of hydrogen-bond donors (Lipinski definition) is 1. The van der Waals surface area contributed by atoms with Gasteiger partial charge in [0, 0.05) is 37.0 Å². The number of likely N-dealkylation sites (tertiary alicyclic amines) is 1. The molecule has 2 aromatic rings. The van der Waals surface area contributed by atoms with Crippen molar-refractivity contribution in [2.24, 2.45) is 5.73 Å². The maximum atomic E-state index is 12.8.